The molecule has 0 unspecified atom stereocenters. The first kappa shape index (κ1) is 16.5. The van der Waals surface area contributed by atoms with E-state index in [1.165, 1.54) is 17.2 Å². The number of hydrogen-bond donors (Lipinski definition) is 1. The molecule has 0 aliphatic carbocycles. The van der Waals surface area contributed by atoms with Gasteiger partial charge < -0.3 is 5.32 Å². The van der Waals surface area contributed by atoms with Gasteiger partial charge >= 0.3 is 0 Å². The van der Waals surface area contributed by atoms with Crippen LogP contribution in [0, 0.1) is 12.7 Å². The highest BCUT2D eigenvalue weighted by molar-refractivity contribution is 7.98. The smallest absolute Gasteiger partial charge is 0.158 e. The van der Waals surface area contributed by atoms with Crippen molar-refractivity contribution in [3.05, 3.63) is 83.4 Å². The molecule has 1 aromatic heterocycles. The lowest BCUT2D eigenvalue weighted by molar-refractivity contribution is 0.612. The predicted octanol–water partition coefficient (Wildman–Crippen LogP) is 4.83. The van der Waals surface area contributed by atoms with Gasteiger partial charge in [0.05, 0.1) is 0 Å². The van der Waals surface area contributed by atoms with Gasteiger partial charge in [-0.25, -0.2) is 14.4 Å². The standard InChI is InChI=1S/C19H18FN3S/c1-14-5-4-6-15(11-14)13-24-19-18(21-9-10-22-19)23-12-16-7-2-3-8-17(16)20/h2-11H,12-13H2,1H3,(H,21,23). The van der Waals surface area contributed by atoms with E-state index >= 15 is 0 Å². The Balaban J connectivity index is 1.68. The van der Waals surface area contributed by atoms with Crippen molar-refractivity contribution in [2.24, 2.45) is 0 Å². The summed E-state index contributed by atoms with van der Waals surface area (Å²) in [6, 6.07) is 15.1. The maximum atomic E-state index is 13.7. The summed E-state index contributed by atoms with van der Waals surface area (Å²) in [4.78, 5) is 8.73. The molecule has 122 valence electrons. The van der Waals surface area contributed by atoms with Crippen LogP contribution in [0.3, 0.4) is 0 Å². The molecule has 0 amide bonds. The van der Waals surface area contributed by atoms with Crippen LogP contribution in [-0.2, 0) is 12.3 Å². The van der Waals surface area contributed by atoms with Gasteiger partial charge in [0.1, 0.15) is 10.8 Å². The van der Waals surface area contributed by atoms with Crippen LogP contribution in [0.25, 0.3) is 0 Å². The SMILES string of the molecule is Cc1cccc(CSc2nccnc2NCc2ccccc2F)c1. The Kier molecular flexibility index (Phi) is 5.43. The molecule has 24 heavy (non-hydrogen) atoms. The van der Waals surface area contributed by atoms with Crippen molar-refractivity contribution < 1.29 is 4.39 Å². The van der Waals surface area contributed by atoms with E-state index in [0.717, 1.165) is 10.8 Å². The highest BCUT2D eigenvalue weighted by atomic mass is 32.2. The second-order valence-corrected chi connectivity index (χ2v) is 6.40. The summed E-state index contributed by atoms with van der Waals surface area (Å²) in [6.45, 7) is 2.46. The Hall–Kier alpha value is -2.40. The molecule has 2 aromatic carbocycles. The number of aromatic nitrogens is 2. The molecule has 0 atom stereocenters. The van der Waals surface area contributed by atoms with E-state index in [0.29, 0.717) is 17.9 Å². The van der Waals surface area contributed by atoms with Gasteiger partial charge in [0, 0.05) is 30.3 Å². The summed E-state index contributed by atoms with van der Waals surface area (Å²) >= 11 is 1.62. The van der Waals surface area contributed by atoms with Crippen molar-refractivity contribution in [1.29, 1.82) is 0 Å². The predicted molar refractivity (Wildman–Crippen MR) is 96.5 cm³/mol. The van der Waals surface area contributed by atoms with E-state index in [2.05, 4.69) is 46.5 Å². The van der Waals surface area contributed by atoms with Crippen molar-refractivity contribution in [3.63, 3.8) is 0 Å². The maximum absolute atomic E-state index is 13.7. The van der Waals surface area contributed by atoms with Crippen molar-refractivity contribution in [2.45, 2.75) is 24.2 Å². The molecule has 0 saturated heterocycles. The van der Waals surface area contributed by atoms with E-state index in [1.54, 1.807) is 36.3 Å². The summed E-state index contributed by atoms with van der Waals surface area (Å²) in [6.07, 6.45) is 3.31. The lowest BCUT2D eigenvalue weighted by Gasteiger charge is -2.10. The van der Waals surface area contributed by atoms with Crippen molar-refractivity contribution in [3.8, 4) is 0 Å². The third kappa shape index (κ3) is 4.32. The Morgan fingerprint density at radius 3 is 2.71 bits per heavy atom. The first-order chi connectivity index (χ1) is 11.7. The number of nitrogens with one attached hydrogen (secondary N) is 1. The second-order valence-electron chi connectivity index (χ2n) is 5.43. The highest BCUT2D eigenvalue weighted by Gasteiger charge is 2.08. The first-order valence-corrected chi connectivity index (χ1v) is 8.67. The Labute approximate surface area is 145 Å². The van der Waals surface area contributed by atoms with Crippen LogP contribution in [0.15, 0.2) is 66.0 Å². The number of rotatable bonds is 6. The van der Waals surface area contributed by atoms with Crippen LogP contribution >= 0.6 is 11.8 Å². The van der Waals surface area contributed by atoms with Gasteiger partial charge in [0.15, 0.2) is 5.82 Å². The van der Waals surface area contributed by atoms with Gasteiger partial charge in [-0.05, 0) is 18.6 Å². The Bertz CT molecular complexity index is 823. The normalized spacial score (nSPS) is 10.6. The quantitative estimate of drug-likeness (QED) is 0.653. The molecule has 0 aliphatic rings. The highest BCUT2D eigenvalue weighted by Crippen LogP contribution is 2.26. The molecule has 0 radical (unpaired) electrons. The first-order valence-electron chi connectivity index (χ1n) is 7.69. The summed E-state index contributed by atoms with van der Waals surface area (Å²) in [5, 5.41) is 4.00. The van der Waals surface area contributed by atoms with Crippen molar-refractivity contribution in [1.82, 2.24) is 9.97 Å². The largest absolute Gasteiger partial charge is 0.364 e. The molecule has 3 nitrogen and oxygen atoms in total. The lowest BCUT2D eigenvalue weighted by Crippen LogP contribution is -2.05. The number of benzene rings is 2. The van der Waals surface area contributed by atoms with Gasteiger partial charge in [-0.1, -0.05) is 59.8 Å². The molecule has 0 aliphatic heterocycles. The molecule has 0 bridgehead atoms. The van der Waals surface area contributed by atoms with Gasteiger partial charge in [-0.15, -0.1) is 0 Å². The monoisotopic (exact) mass is 339 g/mol. The minimum Gasteiger partial charge on any atom is -0.364 e. The number of thioether (sulfide) groups is 1. The molecule has 0 fully saturated rings. The van der Waals surface area contributed by atoms with E-state index in [9.17, 15) is 4.39 Å². The third-order valence-corrected chi connectivity index (χ3v) is 4.58. The van der Waals surface area contributed by atoms with Crippen LogP contribution in [0.4, 0.5) is 10.2 Å². The Morgan fingerprint density at radius 2 is 1.88 bits per heavy atom. The molecule has 5 heteroatoms. The zero-order chi connectivity index (χ0) is 16.8. The summed E-state index contributed by atoms with van der Waals surface area (Å²) in [5.41, 5.74) is 3.09. The molecule has 3 rings (SSSR count). The average molecular weight is 339 g/mol. The van der Waals surface area contributed by atoms with Gasteiger partial charge in [0.25, 0.3) is 0 Å². The van der Waals surface area contributed by atoms with Crippen LogP contribution in [-0.4, -0.2) is 9.97 Å². The molecule has 1 N–H and O–H groups in total. The zero-order valence-electron chi connectivity index (χ0n) is 13.4. The molecule has 1 heterocycles. The number of nitrogens with zero attached hydrogens (tertiary/aromatic N) is 2. The average Bonchev–Trinajstić information content (AvgIpc) is 2.60. The molecular formula is C19H18FN3S. The van der Waals surface area contributed by atoms with Crippen LogP contribution in [0.5, 0.6) is 0 Å². The molecule has 3 aromatic rings. The number of aryl methyl sites for hydroxylation is 1. The minimum atomic E-state index is -0.220. The number of halogens is 1. The van der Waals surface area contributed by atoms with E-state index < -0.39 is 0 Å². The van der Waals surface area contributed by atoms with Crippen LogP contribution in [0.1, 0.15) is 16.7 Å². The third-order valence-electron chi connectivity index (χ3n) is 3.53. The molecule has 0 saturated carbocycles. The van der Waals surface area contributed by atoms with Crippen LogP contribution < -0.4 is 5.32 Å². The molecule has 0 spiro atoms. The van der Waals surface area contributed by atoms with Crippen LogP contribution in [0.2, 0.25) is 0 Å². The van der Waals surface area contributed by atoms with Crippen molar-refractivity contribution >= 4 is 17.6 Å². The summed E-state index contributed by atoms with van der Waals surface area (Å²) < 4.78 is 13.7. The van der Waals surface area contributed by atoms with E-state index in [-0.39, 0.29) is 5.82 Å². The van der Waals surface area contributed by atoms with Gasteiger partial charge in [-0.2, -0.15) is 0 Å². The number of anilines is 1. The number of hydrogen-bond acceptors (Lipinski definition) is 4. The fourth-order valence-corrected chi connectivity index (χ4v) is 3.21. The maximum Gasteiger partial charge on any atom is 0.158 e. The summed E-state index contributed by atoms with van der Waals surface area (Å²) in [5.74, 6) is 1.27. The fourth-order valence-electron chi connectivity index (χ4n) is 2.33. The lowest BCUT2D eigenvalue weighted by atomic mass is 10.2. The second kappa shape index (κ2) is 7.93. The Morgan fingerprint density at radius 1 is 1.04 bits per heavy atom. The van der Waals surface area contributed by atoms with Crippen molar-refractivity contribution in [2.75, 3.05) is 5.32 Å². The summed E-state index contributed by atoms with van der Waals surface area (Å²) in [7, 11) is 0. The van der Waals surface area contributed by atoms with E-state index in [4.69, 9.17) is 0 Å². The fraction of sp³-hybridized carbons (Fsp3) is 0.158. The van der Waals surface area contributed by atoms with Gasteiger partial charge in [-0.3, -0.25) is 0 Å². The minimum absolute atomic E-state index is 0.220. The van der Waals surface area contributed by atoms with Gasteiger partial charge in [0.2, 0.25) is 0 Å². The van der Waals surface area contributed by atoms with E-state index in [1.807, 2.05) is 6.07 Å². The zero-order valence-corrected chi connectivity index (χ0v) is 14.2. The topological polar surface area (TPSA) is 37.8 Å². The molecular weight excluding hydrogens is 321 g/mol.